The van der Waals surface area contributed by atoms with E-state index in [4.69, 9.17) is 14.5 Å². The second kappa shape index (κ2) is 14.1. The lowest BCUT2D eigenvalue weighted by molar-refractivity contribution is -0.119. The molecule has 256 valence electrons. The van der Waals surface area contributed by atoms with Gasteiger partial charge in [-0.25, -0.2) is 18.2 Å². The fourth-order valence-corrected chi connectivity index (χ4v) is 8.29. The maximum atomic E-state index is 13.8. The molecule has 0 atom stereocenters. The summed E-state index contributed by atoms with van der Waals surface area (Å²) in [5.74, 6) is -1.00. The van der Waals surface area contributed by atoms with Crippen LogP contribution < -0.4 is 10.1 Å². The predicted octanol–water partition coefficient (Wildman–Crippen LogP) is 7.39. The maximum absolute atomic E-state index is 13.8. The van der Waals surface area contributed by atoms with Crippen LogP contribution in [0.15, 0.2) is 71.6 Å². The van der Waals surface area contributed by atoms with E-state index < -0.39 is 28.5 Å². The molecule has 2 aliphatic rings. The zero-order chi connectivity index (χ0) is 34.8. The number of amides is 1. The van der Waals surface area contributed by atoms with Crippen LogP contribution in [0, 0.1) is 0 Å². The first kappa shape index (κ1) is 34.3. The van der Waals surface area contributed by atoms with E-state index in [0.29, 0.717) is 36.0 Å². The Morgan fingerprint density at radius 2 is 1.67 bits per heavy atom. The van der Waals surface area contributed by atoms with Crippen molar-refractivity contribution in [1.82, 2.24) is 9.29 Å². The Labute approximate surface area is 288 Å². The number of sulfonamides is 1. The highest BCUT2D eigenvalue weighted by molar-refractivity contribution is 7.89. The van der Waals surface area contributed by atoms with E-state index in [9.17, 15) is 18.0 Å². The van der Waals surface area contributed by atoms with Gasteiger partial charge in [0.2, 0.25) is 10.0 Å². The lowest BCUT2D eigenvalue weighted by Gasteiger charge is -2.26. The SMILES string of the molecule is COc1ccc(NC(=O)COC(=O)c2c3c(nc4ccccc24)C(=Cc2ccc(C(C)(C)C)cc2)CCC3)cc1S(=O)(=O)N1CCCCC1. The average molecular weight is 682 g/mol. The molecule has 2 heterocycles. The molecule has 1 fully saturated rings. The second-order valence-electron chi connectivity index (χ2n) is 13.7. The number of aromatic nitrogens is 1. The molecule has 1 aliphatic heterocycles. The van der Waals surface area contributed by atoms with Crippen LogP contribution >= 0.6 is 0 Å². The molecule has 0 saturated carbocycles. The van der Waals surface area contributed by atoms with Crippen molar-refractivity contribution in [2.24, 2.45) is 0 Å². The average Bonchev–Trinajstić information content (AvgIpc) is 3.10. The number of nitrogens with zero attached hydrogens (tertiary/aromatic N) is 2. The standard InChI is InChI=1S/C39H43N3O6S/c1-39(2,3)28-17-15-26(16-18-28)23-27-11-10-13-31-36(30-12-6-7-14-32(30)41-37(27)31)38(44)48-25-35(43)40-29-19-20-33(47-4)34(24-29)49(45,46)42-21-8-5-9-22-42/h6-7,12,14-20,23-24H,5,8-11,13,21-22,25H2,1-4H3,(H,40,43). The monoisotopic (exact) mass is 681 g/mol. The number of esters is 1. The molecule has 1 aliphatic carbocycles. The minimum absolute atomic E-state index is 0.0180. The number of ether oxygens (including phenoxy) is 2. The highest BCUT2D eigenvalue weighted by Gasteiger charge is 2.30. The molecule has 0 spiro atoms. The van der Waals surface area contributed by atoms with Crippen LogP contribution in [0.5, 0.6) is 5.75 Å². The number of hydrogen-bond acceptors (Lipinski definition) is 7. The van der Waals surface area contributed by atoms with Crippen molar-refractivity contribution in [2.45, 2.75) is 69.6 Å². The zero-order valence-corrected chi connectivity index (χ0v) is 29.4. The van der Waals surface area contributed by atoms with Gasteiger partial charge in [0, 0.05) is 24.2 Å². The molecule has 4 aromatic rings. The van der Waals surface area contributed by atoms with E-state index in [1.165, 1.54) is 29.1 Å². The van der Waals surface area contributed by atoms with Gasteiger partial charge in [0.1, 0.15) is 10.6 Å². The Hall–Kier alpha value is -4.54. The maximum Gasteiger partial charge on any atom is 0.339 e. The van der Waals surface area contributed by atoms with E-state index in [-0.39, 0.29) is 21.7 Å². The summed E-state index contributed by atoms with van der Waals surface area (Å²) in [5.41, 5.74) is 6.38. The third kappa shape index (κ3) is 7.40. The summed E-state index contributed by atoms with van der Waals surface area (Å²) in [5, 5.41) is 3.36. The summed E-state index contributed by atoms with van der Waals surface area (Å²) in [6, 6.07) is 20.5. The van der Waals surface area contributed by atoms with Gasteiger partial charge >= 0.3 is 5.97 Å². The van der Waals surface area contributed by atoms with Crippen LogP contribution in [0.1, 0.15) is 85.6 Å². The number of nitrogens with one attached hydrogen (secondary N) is 1. The van der Waals surface area contributed by atoms with Crippen molar-refractivity contribution in [2.75, 3.05) is 32.1 Å². The number of para-hydroxylation sites is 1. The summed E-state index contributed by atoms with van der Waals surface area (Å²) in [6.45, 7) is 6.90. The van der Waals surface area contributed by atoms with Gasteiger partial charge in [-0.1, -0.05) is 69.7 Å². The van der Waals surface area contributed by atoms with Gasteiger partial charge < -0.3 is 14.8 Å². The smallest absolute Gasteiger partial charge is 0.339 e. The molecule has 49 heavy (non-hydrogen) atoms. The molecule has 0 radical (unpaired) electrons. The highest BCUT2D eigenvalue weighted by Crippen LogP contribution is 2.37. The molecule has 0 bridgehead atoms. The minimum atomic E-state index is -3.83. The Balaban J connectivity index is 1.23. The molecule has 9 nitrogen and oxygen atoms in total. The Morgan fingerprint density at radius 3 is 2.39 bits per heavy atom. The summed E-state index contributed by atoms with van der Waals surface area (Å²) in [7, 11) is -2.42. The quantitative estimate of drug-likeness (QED) is 0.193. The van der Waals surface area contributed by atoms with Crippen molar-refractivity contribution in [3.63, 3.8) is 0 Å². The van der Waals surface area contributed by atoms with E-state index in [2.05, 4.69) is 56.4 Å². The molecule has 1 N–H and O–H groups in total. The summed E-state index contributed by atoms with van der Waals surface area (Å²) < 4.78 is 39.3. The molecule has 6 rings (SSSR count). The predicted molar refractivity (Wildman–Crippen MR) is 192 cm³/mol. The lowest BCUT2D eigenvalue weighted by atomic mass is 9.85. The van der Waals surface area contributed by atoms with Gasteiger partial charge in [-0.05, 0) is 90.1 Å². The molecule has 3 aromatic carbocycles. The third-order valence-corrected chi connectivity index (χ3v) is 11.1. The number of hydrogen-bond donors (Lipinski definition) is 1. The van der Waals surface area contributed by atoms with Gasteiger partial charge in [0.05, 0.1) is 23.9 Å². The molecule has 1 aromatic heterocycles. The number of anilines is 1. The number of rotatable bonds is 8. The number of allylic oxidation sites excluding steroid dienone is 1. The number of methoxy groups -OCH3 is 1. The van der Waals surface area contributed by atoms with Gasteiger partial charge in [-0.2, -0.15) is 4.31 Å². The molecule has 0 unspecified atom stereocenters. The number of pyridine rings is 1. The second-order valence-corrected chi connectivity index (χ2v) is 15.6. The van der Waals surface area contributed by atoms with Crippen molar-refractivity contribution < 1.29 is 27.5 Å². The van der Waals surface area contributed by atoms with Crippen molar-refractivity contribution in [1.29, 1.82) is 0 Å². The zero-order valence-electron chi connectivity index (χ0n) is 28.5. The van der Waals surface area contributed by atoms with Gasteiger partial charge in [-0.15, -0.1) is 0 Å². The third-order valence-electron chi connectivity index (χ3n) is 9.21. The summed E-state index contributed by atoms with van der Waals surface area (Å²) in [6.07, 6.45) is 7.05. The largest absolute Gasteiger partial charge is 0.495 e. The first-order valence-corrected chi connectivity index (χ1v) is 18.3. The van der Waals surface area contributed by atoms with Crippen molar-refractivity contribution in [3.05, 3.63) is 94.7 Å². The van der Waals surface area contributed by atoms with Crippen LogP contribution in [0.4, 0.5) is 5.69 Å². The normalized spacial score (nSPS) is 16.3. The molecule has 1 saturated heterocycles. The van der Waals surface area contributed by atoms with Crippen LogP contribution in [-0.4, -0.2) is 56.4 Å². The summed E-state index contributed by atoms with van der Waals surface area (Å²) >= 11 is 0. The van der Waals surface area contributed by atoms with Crippen molar-refractivity contribution >= 4 is 50.1 Å². The number of piperidine rings is 1. The van der Waals surface area contributed by atoms with E-state index in [1.54, 1.807) is 6.07 Å². The Morgan fingerprint density at radius 1 is 0.939 bits per heavy atom. The molecule has 10 heteroatoms. The van der Waals surface area contributed by atoms with Crippen LogP contribution in [0.25, 0.3) is 22.6 Å². The van der Waals surface area contributed by atoms with E-state index in [0.717, 1.165) is 54.5 Å². The first-order chi connectivity index (χ1) is 23.5. The van der Waals surface area contributed by atoms with E-state index >= 15 is 0 Å². The summed E-state index contributed by atoms with van der Waals surface area (Å²) in [4.78, 5) is 31.8. The Bertz CT molecular complexity index is 2020. The van der Waals surface area contributed by atoms with Gasteiger partial charge in [-0.3, -0.25) is 4.79 Å². The minimum Gasteiger partial charge on any atom is -0.495 e. The number of fused-ring (bicyclic) bond motifs is 2. The molecular weight excluding hydrogens is 639 g/mol. The van der Waals surface area contributed by atoms with Gasteiger partial charge in [0.15, 0.2) is 6.61 Å². The molecular formula is C39H43N3O6S. The number of carbonyl (C=O) groups is 2. The molecule has 1 amide bonds. The van der Waals surface area contributed by atoms with Crippen LogP contribution in [-0.2, 0) is 31.4 Å². The first-order valence-electron chi connectivity index (χ1n) is 16.8. The van der Waals surface area contributed by atoms with Gasteiger partial charge in [0.25, 0.3) is 5.91 Å². The number of carbonyl (C=O) groups excluding carboxylic acids is 2. The highest BCUT2D eigenvalue weighted by atomic mass is 32.2. The lowest BCUT2D eigenvalue weighted by Crippen LogP contribution is -2.35. The van der Waals surface area contributed by atoms with E-state index in [1.807, 2.05) is 24.3 Å². The van der Waals surface area contributed by atoms with Crippen LogP contribution in [0.2, 0.25) is 0 Å². The fraction of sp³-hybridized carbons (Fsp3) is 0.359. The number of benzene rings is 3. The van der Waals surface area contributed by atoms with Crippen LogP contribution in [0.3, 0.4) is 0 Å². The Kier molecular flexibility index (Phi) is 9.90. The van der Waals surface area contributed by atoms with Crippen molar-refractivity contribution in [3.8, 4) is 5.75 Å². The fourth-order valence-electron chi connectivity index (χ4n) is 6.59. The topological polar surface area (TPSA) is 115 Å².